The second-order valence-electron chi connectivity index (χ2n) is 7.31. The first kappa shape index (κ1) is 22.9. The fourth-order valence-electron chi connectivity index (χ4n) is 3.28. The van der Waals surface area contributed by atoms with E-state index in [4.69, 9.17) is 0 Å². The molecule has 34 heavy (non-hydrogen) atoms. The summed E-state index contributed by atoms with van der Waals surface area (Å²) >= 11 is 0. The van der Waals surface area contributed by atoms with Crippen molar-refractivity contribution in [3.05, 3.63) is 111 Å². The van der Waals surface area contributed by atoms with E-state index in [0.717, 1.165) is 16.4 Å². The molecule has 0 fully saturated rings. The SMILES string of the molecule is O=[N+]([O-])c1ccc(S(=O)(=O)N2CC#Cc3ccccc3C#C/C(=C\c3ccccc3F)C2)cc1. The van der Waals surface area contributed by atoms with Gasteiger partial charge >= 0.3 is 0 Å². The lowest BCUT2D eigenvalue weighted by Crippen LogP contribution is -2.33. The summed E-state index contributed by atoms with van der Waals surface area (Å²) in [6.07, 6.45) is 1.51. The van der Waals surface area contributed by atoms with Crippen molar-refractivity contribution in [2.75, 3.05) is 13.1 Å². The molecule has 0 saturated carbocycles. The van der Waals surface area contributed by atoms with Crippen LogP contribution in [-0.2, 0) is 10.0 Å². The van der Waals surface area contributed by atoms with Gasteiger partial charge in [-0.2, -0.15) is 4.31 Å². The Morgan fingerprint density at radius 3 is 2.24 bits per heavy atom. The predicted octanol–water partition coefficient (Wildman–Crippen LogP) is 4.23. The fourth-order valence-corrected chi connectivity index (χ4v) is 4.60. The maximum atomic E-state index is 14.3. The van der Waals surface area contributed by atoms with Crippen LogP contribution in [0.5, 0.6) is 0 Å². The average molecular weight is 472 g/mol. The van der Waals surface area contributed by atoms with Crippen LogP contribution >= 0.6 is 0 Å². The molecule has 1 heterocycles. The molecule has 0 N–H and O–H groups in total. The number of nitrogens with zero attached hydrogens (tertiary/aromatic N) is 2. The van der Waals surface area contributed by atoms with Crippen LogP contribution < -0.4 is 0 Å². The summed E-state index contributed by atoms with van der Waals surface area (Å²) in [7, 11) is -4.08. The summed E-state index contributed by atoms with van der Waals surface area (Å²) in [4.78, 5) is 10.2. The largest absolute Gasteiger partial charge is 0.269 e. The molecular weight excluding hydrogens is 455 g/mol. The van der Waals surface area contributed by atoms with Gasteiger partial charge in [-0.1, -0.05) is 54.0 Å². The first-order chi connectivity index (χ1) is 16.3. The highest BCUT2D eigenvalue weighted by Gasteiger charge is 2.25. The Morgan fingerprint density at radius 1 is 0.912 bits per heavy atom. The Kier molecular flexibility index (Phi) is 6.55. The van der Waals surface area contributed by atoms with Crippen LogP contribution in [0.2, 0.25) is 0 Å². The molecule has 0 spiro atoms. The molecular formula is C26H17FN2O4S. The van der Waals surface area contributed by atoms with E-state index < -0.39 is 20.8 Å². The third-order valence-corrected chi connectivity index (χ3v) is 6.84. The van der Waals surface area contributed by atoms with Gasteiger partial charge in [0.1, 0.15) is 5.82 Å². The Bertz CT molecular complexity index is 1520. The van der Waals surface area contributed by atoms with Gasteiger partial charge in [0.05, 0.1) is 16.4 Å². The molecule has 0 radical (unpaired) electrons. The van der Waals surface area contributed by atoms with Crippen molar-refractivity contribution in [1.82, 2.24) is 4.31 Å². The van der Waals surface area contributed by atoms with Gasteiger partial charge in [-0.05, 0) is 36.4 Å². The minimum atomic E-state index is -4.08. The zero-order chi connectivity index (χ0) is 24.1. The smallest absolute Gasteiger partial charge is 0.258 e. The van der Waals surface area contributed by atoms with Gasteiger partial charge in [-0.25, -0.2) is 12.8 Å². The van der Waals surface area contributed by atoms with E-state index in [1.165, 1.54) is 24.3 Å². The number of nitro benzene ring substituents is 1. The zero-order valence-corrected chi connectivity index (χ0v) is 18.5. The molecule has 0 amide bonds. The van der Waals surface area contributed by atoms with Gasteiger partial charge in [0.25, 0.3) is 5.69 Å². The lowest BCUT2D eigenvalue weighted by molar-refractivity contribution is -0.384. The minimum Gasteiger partial charge on any atom is -0.258 e. The first-order valence-corrected chi connectivity index (χ1v) is 11.6. The van der Waals surface area contributed by atoms with Crippen LogP contribution in [0.4, 0.5) is 10.1 Å². The van der Waals surface area contributed by atoms with Gasteiger partial charge in [0.15, 0.2) is 0 Å². The molecule has 0 atom stereocenters. The standard InChI is InChI=1S/C26H17FN2O4S/c27-26-10-4-3-8-23(26)18-20-11-12-22-7-2-1-6-21(22)9-5-17-28(19-20)34(32,33)25-15-13-24(14-16-25)29(30)31/h1-4,6-8,10,13-16,18H,17,19H2/b20-18+. The summed E-state index contributed by atoms with van der Waals surface area (Å²) in [6.45, 7) is -0.304. The van der Waals surface area contributed by atoms with E-state index in [9.17, 15) is 22.9 Å². The molecule has 0 aromatic heterocycles. The number of hydrogen-bond acceptors (Lipinski definition) is 4. The van der Waals surface area contributed by atoms with E-state index in [-0.39, 0.29) is 29.2 Å². The van der Waals surface area contributed by atoms with Crippen molar-refractivity contribution in [2.45, 2.75) is 4.90 Å². The number of non-ortho nitro benzene ring substituents is 1. The van der Waals surface area contributed by atoms with Crippen molar-refractivity contribution < 1.29 is 17.7 Å². The van der Waals surface area contributed by atoms with Crippen LogP contribution in [0.1, 0.15) is 16.7 Å². The number of hydrogen-bond donors (Lipinski definition) is 0. The second-order valence-corrected chi connectivity index (χ2v) is 9.25. The Labute approximate surface area is 196 Å². The fraction of sp³-hybridized carbons (Fsp3) is 0.0769. The summed E-state index contributed by atoms with van der Waals surface area (Å²) in [5, 5.41) is 10.9. The van der Waals surface area contributed by atoms with Crippen molar-refractivity contribution in [3.63, 3.8) is 0 Å². The molecule has 3 aromatic carbocycles. The topological polar surface area (TPSA) is 80.5 Å². The first-order valence-electron chi connectivity index (χ1n) is 10.1. The number of halogens is 1. The third kappa shape index (κ3) is 5.05. The lowest BCUT2D eigenvalue weighted by atomic mass is 10.1. The third-order valence-electron chi connectivity index (χ3n) is 5.03. The van der Waals surface area contributed by atoms with E-state index in [1.54, 1.807) is 24.3 Å². The van der Waals surface area contributed by atoms with Crippen LogP contribution in [-0.4, -0.2) is 30.7 Å². The number of fused-ring (bicyclic) bond motifs is 1. The molecule has 1 aliphatic heterocycles. The highest BCUT2D eigenvalue weighted by Crippen LogP contribution is 2.22. The van der Waals surface area contributed by atoms with Gasteiger partial charge in [-0.3, -0.25) is 10.1 Å². The van der Waals surface area contributed by atoms with Crippen molar-refractivity contribution >= 4 is 21.8 Å². The predicted molar refractivity (Wildman–Crippen MR) is 126 cm³/mol. The van der Waals surface area contributed by atoms with Crippen molar-refractivity contribution in [1.29, 1.82) is 0 Å². The number of sulfonamides is 1. The molecule has 6 nitrogen and oxygen atoms in total. The average Bonchev–Trinajstić information content (AvgIpc) is 2.84. The minimum absolute atomic E-state index is 0.115. The highest BCUT2D eigenvalue weighted by molar-refractivity contribution is 7.89. The Balaban J connectivity index is 1.80. The number of rotatable bonds is 4. The normalized spacial score (nSPS) is 14.8. The van der Waals surface area contributed by atoms with Gasteiger partial charge < -0.3 is 0 Å². The second kappa shape index (κ2) is 9.72. The summed E-state index contributed by atoms with van der Waals surface area (Å²) in [5.74, 6) is 11.4. The molecule has 1 aliphatic rings. The van der Waals surface area contributed by atoms with E-state index in [2.05, 4.69) is 23.7 Å². The molecule has 0 aliphatic carbocycles. The van der Waals surface area contributed by atoms with Gasteiger partial charge in [0, 0.05) is 40.9 Å². The van der Waals surface area contributed by atoms with Crippen LogP contribution in [0, 0.1) is 39.6 Å². The highest BCUT2D eigenvalue weighted by atomic mass is 32.2. The number of benzene rings is 3. The maximum Gasteiger partial charge on any atom is 0.269 e. The van der Waals surface area contributed by atoms with Gasteiger partial charge in [-0.15, -0.1) is 0 Å². The van der Waals surface area contributed by atoms with Crippen molar-refractivity contribution in [3.8, 4) is 23.7 Å². The van der Waals surface area contributed by atoms with E-state index in [0.29, 0.717) is 16.7 Å². The Morgan fingerprint density at radius 2 is 1.56 bits per heavy atom. The lowest BCUT2D eigenvalue weighted by Gasteiger charge is -2.20. The van der Waals surface area contributed by atoms with Crippen LogP contribution in [0.25, 0.3) is 6.08 Å². The quantitative estimate of drug-likeness (QED) is 0.323. The zero-order valence-electron chi connectivity index (χ0n) is 17.7. The van der Waals surface area contributed by atoms with Crippen LogP contribution in [0.15, 0.2) is 83.3 Å². The molecule has 0 unspecified atom stereocenters. The monoisotopic (exact) mass is 472 g/mol. The van der Waals surface area contributed by atoms with Crippen molar-refractivity contribution in [2.24, 2.45) is 0 Å². The van der Waals surface area contributed by atoms with E-state index >= 15 is 0 Å². The molecule has 168 valence electrons. The Hall–Kier alpha value is -4.24. The van der Waals surface area contributed by atoms with E-state index in [1.807, 2.05) is 18.2 Å². The summed E-state index contributed by atoms with van der Waals surface area (Å²) < 4.78 is 42.2. The molecule has 8 heteroatoms. The number of nitro groups is 1. The molecule has 3 aromatic rings. The summed E-state index contributed by atoms with van der Waals surface area (Å²) in [6, 6.07) is 18.0. The van der Waals surface area contributed by atoms with Crippen LogP contribution in [0.3, 0.4) is 0 Å². The summed E-state index contributed by atoms with van der Waals surface area (Å²) in [5.41, 5.74) is 1.75. The molecule has 0 saturated heterocycles. The van der Waals surface area contributed by atoms with Gasteiger partial charge in [0.2, 0.25) is 10.0 Å². The molecule has 4 rings (SSSR count). The molecule has 0 bridgehead atoms. The maximum absolute atomic E-state index is 14.3.